The van der Waals surface area contributed by atoms with Crippen LogP contribution in [0, 0.1) is 5.92 Å². The van der Waals surface area contributed by atoms with Crippen LogP contribution in [0.15, 0.2) is 30.5 Å². The molecule has 1 saturated heterocycles. The SMILES string of the molecule is CCN(CC1CCNCC1)c1cnc2ccccc2n1. The summed E-state index contributed by atoms with van der Waals surface area (Å²) in [5.41, 5.74) is 1.95. The van der Waals surface area contributed by atoms with E-state index >= 15 is 0 Å². The summed E-state index contributed by atoms with van der Waals surface area (Å²) in [5, 5.41) is 3.42. The van der Waals surface area contributed by atoms with Crippen molar-refractivity contribution in [3.05, 3.63) is 30.5 Å². The Morgan fingerprint density at radius 1 is 1.20 bits per heavy atom. The van der Waals surface area contributed by atoms with Gasteiger partial charge in [-0.15, -0.1) is 0 Å². The molecule has 1 N–H and O–H groups in total. The van der Waals surface area contributed by atoms with Crippen LogP contribution in [0.3, 0.4) is 0 Å². The van der Waals surface area contributed by atoms with Crippen molar-refractivity contribution in [2.24, 2.45) is 5.92 Å². The lowest BCUT2D eigenvalue weighted by Crippen LogP contribution is -2.36. The van der Waals surface area contributed by atoms with E-state index in [4.69, 9.17) is 4.98 Å². The first-order valence-electron chi connectivity index (χ1n) is 7.54. The molecule has 1 aromatic heterocycles. The minimum absolute atomic E-state index is 0.768. The lowest BCUT2D eigenvalue weighted by molar-refractivity contribution is 0.374. The smallest absolute Gasteiger partial charge is 0.147 e. The molecular weight excluding hydrogens is 248 g/mol. The first kappa shape index (κ1) is 13.3. The first-order valence-corrected chi connectivity index (χ1v) is 7.54. The van der Waals surface area contributed by atoms with Crippen LogP contribution in [0.1, 0.15) is 19.8 Å². The number of hydrogen-bond acceptors (Lipinski definition) is 4. The molecule has 1 aliphatic heterocycles. The molecule has 0 saturated carbocycles. The maximum absolute atomic E-state index is 4.76. The van der Waals surface area contributed by atoms with Crippen LogP contribution < -0.4 is 10.2 Å². The highest BCUT2D eigenvalue weighted by atomic mass is 15.2. The van der Waals surface area contributed by atoms with E-state index < -0.39 is 0 Å². The van der Waals surface area contributed by atoms with Crippen molar-refractivity contribution >= 4 is 16.9 Å². The standard InChI is InChI=1S/C16H22N4/c1-2-20(12-13-7-9-17-10-8-13)16-11-18-14-5-3-4-6-15(14)19-16/h3-6,11,13,17H,2,7-10,12H2,1H3. The average molecular weight is 270 g/mol. The highest BCUT2D eigenvalue weighted by molar-refractivity contribution is 5.75. The van der Waals surface area contributed by atoms with Crippen molar-refractivity contribution in [3.8, 4) is 0 Å². The van der Waals surface area contributed by atoms with Gasteiger partial charge in [0.25, 0.3) is 0 Å². The number of anilines is 1. The maximum Gasteiger partial charge on any atom is 0.147 e. The topological polar surface area (TPSA) is 41.0 Å². The predicted molar refractivity (Wildman–Crippen MR) is 83.0 cm³/mol. The van der Waals surface area contributed by atoms with Crippen LogP contribution in [0.4, 0.5) is 5.82 Å². The van der Waals surface area contributed by atoms with E-state index in [1.54, 1.807) is 0 Å². The van der Waals surface area contributed by atoms with Gasteiger partial charge in [-0.05, 0) is 50.9 Å². The number of nitrogens with one attached hydrogen (secondary N) is 1. The van der Waals surface area contributed by atoms with Crippen molar-refractivity contribution in [2.45, 2.75) is 19.8 Å². The summed E-state index contributed by atoms with van der Waals surface area (Å²) in [6.45, 7) is 6.55. The summed E-state index contributed by atoms with van der Waals surface area (Å²) in [6, 6.07) is 8.06. The summed E-state index contributed by atoms with van der Waals surface area (Å²) in [7, 11) is 0. The Labute approximate surface area is 120 Å². The van der Waals surface area contributed by atoms with Crippen molar-refractivity contribution < 1.29 is 0 Å². The van der Waals surface area contributed by atoms with E-state index in [1.165, 1.54) is 12.8 Å². The third-order valence-electron chi connectivity index (χ3n) is 4.08. The molecule has 2 aromatic rings. The number of nitrogens with zero attached hydrogens (tertiary/aromatic N) is 3. The molecule has 0 bridgehead atoms. The normalized spacial score (nSPS) is 16.4. The lowest BCUT2D eigenvalue weighted by Gasteiger charge is -2.30. The quantitative estimate of drug-likeness (QED) is 0.926. The molecule has 4 heteroatoms. The fourth-order valence-corrected chi connectivity index (χ4v) is 2.86. The molecule has 0 unspecified atom stereocenters. The predicted octanol–water partition coefficient (Wildman–Crippen LogP) is 2.46. The number of hydrogen-bond donors (Lipinski definition) is 1. The highest BCUT2D eigenvalue weighted by Gasteiger charge is 2.17. The molecule has 4 nitrogen and oxygen atoms in total. The van der Waals surface area contributed by atoms with Crippen LogP contribution in [0.5, 0.6) is 0 Å². The number of rotatable bonds is 4. The minimum atomic E-state index is 0.768. The van der Waals surface area contributed by atoms with Crippen molar-refractivity contribution in [1.29, 1.82) is 0 Å². The molecule has 2 heterocycles. The molecule has 0 amide bonds. The average Bonchev–Trinajstić information content (AvgIpc) is 2.53. The lowest BCUT2D eigenvalue weighted by atomic mass is 9.97. The summed E-state index contributed by atoms with van der Waals surface area (Å²) >= 11 is 0. The molecule has 0 atom stereocenters. The molecule has 1 aliphatic rings. The fraction of sp³-hybridized carbons (Fsp3) is 0.500. The Balaban J connectivity index is 1.79. The molecule has 0 spiro atoms. The Morgan fingerprint density at radius 2 is 1.95 bits per heavy atom. The van der Waals surface area contributed by atoms with Crippen molar-refractivity contribution in [3.63, 3.8) is 0 Å². The molecule has 0 radical (unpaired) electrons. The number of aromatic nitrogens is 2. The zero-order chi connectivity index (χ0) is 13.8. The summed E-state index contributed by atoms with van der Waals surface area (Å²) in [4.78, 5) is 11.6. The zero-order valence-corrected chi connectivity index (χ0v) is 12.0. The van der Waals surface area contributed by atoms with Crippen LogP contribution in [0.2, 0.25) is 0 Å². The van der Waals surface area contributed by atoms with E-state index in [9.17, 15) is 0 Å². The monoisotopic (exact) mass is 270 g/mol. The Bertz CT molecular complexity index is 563. The summed E-state index contributed by atoms with van der Waals surface area (Å²) in [5.74, 6) is 1.77. The van der Waals surface area contributed by atoms with Crippen LogP contribution in [-0.4, -0.2) is 36.1 Å². The van der Waals surface area contributed by atoms with Gasteiger partial charge in [-0.25, -0.2) is 4.98 Å². The number of fused-ring (bicyclic) bond motifs is 1. The third-order valence-corrected chi connectivity index (χ3v) is 4.08. The molecule has 1 fully saturated rings. The van der Waals surface area contributed by atoms with Crippen LogP contribution >= 0.6 is 0 Å². The Hall–Kier alpha value is -1.68. The van der Waals surface area contributed by atoms with Gasteiger partial charge in [0.05, 0.1) is 17.2 Å². The highest BCUT2D eigenvalue weighted by Crippen LogP contribution is 2.19. The van der Waals surface area contributed by atoms with Gasteiger partial charge < -0.3 is 10.2 Å². The number of para-hydroxylation sites is 2. The van der Waals surface area contributed by atoms with Gasteiger partial charge in [0, 0.05) is 13.1 Å². The molecule has 3 rings (SSSR count). The van der Waals surface area contributed by atoms with Crippen LogP contribution in [0.25, 0.3) is 11.0 Å². The van der Waals surface area contributed by atoms with Gasteiger partial charge >= 0.3 is 0 Å². The largest absolute Gasteiger partial charge is 0.355 e. The summed E-state index contributed by atoms with van der Waals surface area (Å²) < 4.78 is 0. The third kappa shape index (κ3) is 2.90. The second kappa shape index (κ2) is 6.18. The van der Waals surface area contributed by atoms with Crippen molar-refractivity contribution in [2.75, 3.05) is 31.1 Å². The number of piperidine rings is 1. The van der Waals surface area contributed by atoms with Gasteiger partial charge in [-0.3, -0.25) is 4.98 Å². The van der Waals surface area contributed by atoms with E-state index in [1.807, 2.05) is 30.5 Å². The molecule has 0 aliphatic carbocycles. The Morgan fingerprint density at radius 3 is 2.70 bits per heavy atom. The van der Waals surface area contributed by atoms with E-state index in [0.29, 0.717) is 0 Å². The van der Waals surface area contributed by atoms with E-state index in [2.05, 4.69) is 22.1 Å². The van der Waals surface area contributed by atoms with Gasteiger partial charge in [-0.1, -0.05) is 12.1 Å². The fourth-order valence-electron chi connectivity index (χ4n) is 2.86. The molecular formula is C16H22N4. The second-order valence-electron chi connectivity index (χ2n) is 5.45. The van der Waals surface area contributed by atoms with Gasteiger partial charge in [0.2, 0.25) is 0 Å². The van der Waals surface area contributed by atoms with Gasteiger partial charge in [0.15, 0.2) is 0 Å². The van der Waals surface area contributed by atoms with Crippen LogP contribution in [-0.2, 0) is 0 Å². The minimum Gasteiger partial charge on any atom is -0.355 e. The number of benzene rings is 1. The van der Waals surface area contributed by atoms with E-state index in [0.717, 1.165) is 48.9 Å². The molecule has 106 valence electrons. The van der Waals surface area contributed by atoms with Crippen molar-refractivity contribution in [1.82, 2.24) is 15.3 Å². The first-order chi connectivity index (χ1) is 9.86. The molecule has 20 heavy (non-hydrogen) atoms. The maximum atomic E-state index is 4.76. The zero-order valence-electron chi connectivity index (χ0n) is 12.0. The van der Waals surface area contributed by atoms with Gasteiger partial charge in [0.1, 0.15) is 5.82 Å². The molecule has 1 aromatic carbocycles. The van der Waals surface area contributed by atoms with Gasteiger partial charge in [-0.2, -0.15) is 0 Å². The second-order valence-corrected chi connectivity index (χ2v) is 5.45. The Kier molecular flexibility index (Phi) is 4.11. The summed E-state index contributed by atoms with van der Waals surface area (Å²) in [6.07, 6.45) is 4.43. The van der Waals surface area contributed by atoms with E-state index in [-0.39, 0.29) is 0 Å².